The first-order valence-electron chi connectivity index (χ1n) is 8.53. The molecule has 1 aliphatic rings. The largest absolute Gasteiger partial charge is 0.463 e. The molecule has 0 bridgehead atoms. The molecule has 1 rings (SSSR count). The van der Waals surface area contributed by atoms with Crippen molar-refractivity contribution in [2.24, 2.45) is 5.41 Å². The fraction of sp³-hybridized carbons (Fsp3) is 0.765. The number of aliphatic hydroxyl groups is 1. The van der Waals surface area contributed by atoms with Crippen LogP contribution in [-0.2, 0) is 33.5 Å². The van der Waals surface area contributed by atoms with Gasteiger partial charge in [-0.2, -0.15) is 0 Å². The molecule has 0 aromatic carbocycles. The van der Waals surface area contributed by atoms with Gasteiger partial charge in [-0.25, -0.2) is 4.79 Å². The van der Waals surface area contributed by atoms with Gasteiger partial charge in [-0.15, -0.1) is 5.06 Å². The summed E-state index contributed by atoms with van der Waals surface area (Å²) in [6.45, 7) is 6.71. The molecule has 0 aromatic heterocycles. The Bertz CT molecular complexity index is 608. The van der Waals surface area contributed by atoms with Crippen molar-refractivity contribution in [3.8, 4) is 0 Å². The molecule has 0 aromatic rings. The van der Waals surface area contributed by atoms with Crippen molar-refractivity contribution in [2.75, 3.05) is 13.2 Å². The number of ether oxygens (including phenoxy) is 2. The maximum absolute atomic E-state index is 12.7. The van der Waals surface area contributed by atoms with E-state index in [9.17, 15) is 24.3 Å². The Morgan fingerprint density at radius 3 is 1.75 bits per heavy atom. The van der Waals surface area contributed by atoms with Gasteiger partial charge >= 0.3 is 17.9 Å². The number of alkyl halides is 2. The van der Waals surface area contributed by atoms with Gasteiger partial charge in [0.1, 0.15) is 27.3 Å². The van der Waals surface area contributed by atoms with E-state index in [1.54, 1.807) is 27.7 Å². The lowest BCUT2D eigenvalue weighted by atomic mass is 9.93. The summed E-state index contributed by atoms with van der Waals surface area (Å²) >= 11 is 6.31. The summed E-state index contributed by atoms with van der Waals surface area (Å²) in [4.78, 5) is 53.6. The topological polar surface area (TPSA) is 119 Å². The van der Waals surface area contributed by atoms with Crippen LogP contribution in [0.2, 0.25) is 0 Å². The van der Waals surface area contributed by atoms with E-state index in [0.717, 1.165) is 0 Å². The van der Waals surface area contributed by atoms with Crippen LogP contribution in [0.3, 0.4) is 0 Å². The first-order valence-corrected chi connectivity index (χ1v) is 10.1. The lowest BCUT2D eigenvalue weighted by molar-refractivity contribution is -0.232. The predicted molar refractivity (Wildman–Crippen MR) is 104 cm³/mol. The highest BCUT2D eigenvalue weighted by Gasteiger charge is 2.44. The van der Waals surface area contributed by atoms with Gasteiger partial charge in [0, 0.05) is 12.8 Å². The summed E-state index contributed by atoms with van der Waals surface area (Å²) in [6.07, 6.45) is -1.10. The number of amides is 1. The summed E-state index contributed by atoms with van der Waals surface area (Å²) in [5.74, 6) is -2.82. The summed E-state index contributed by atoms with van der Waals surface area (Å²) in [7, 11) is 0. The van der Waals surface area contributed by atoms with Crippen LogP contribution in [0.5, 0.6) is 0 Å². The molecule has 0 radical (unpaired) electrons. The molecule has 11 heteroatoms. The number of halogens is 2. The molecule has 1 atom stereocenters. The van der Waals surface area contributed by atoms with Crippen LogP contribution < -0.4 is 0 Å². The molecule has 0 saturated carbocycles. The average molecular weight is 531 g/mol. The van der Waals surface area contributed by atoms with Gasteiger partial charge in [0.15, 0.2) is 6.23 Å². The Kier molecular flexibility index (Phi) is 8.06. The third kappa shape index (κ3) is 6.70. The smallest absolute Gasteiger partial charge is 0.345 e. The molecule has 1 N–H and O–H groups in total. The Labute approximate surface area is 180 Å². The molecule has 1 amide bonds. The van der Waals surface area contributed by atoms with Gasteiger partial charge < -0.3 is 19.4 Å². The number of hydrogen-bond acceptors (Lipinski definition) is 8. The van der Waals surface area contributed by atoms with E-state index in [2.05, 4.69) is 31.9 Å². The monoisotopic (exact) mass is 529 g/mol. The van der Waals surface area contributed by atoms with Crippen molar-refractivity contribution in [1.29, 1.82) is 0 Å². The molecule has 0 aliphatic carbocycles. The number of carbonyl (C=O) groups is 4. The van der Waals surface area contributed by atoms with Gasteiger partial charge in [0.25, 0.3) is 5.91 Å². The molecule has 1 saturated heterocycles. The quantitative estimate of drug-likeness (QED) is 0.373. The van der Waals surface area contributed by atoms with Gasteiger partial charge in [-0.1, -0.05) is 31.9 Å². The van der Waals surface area contributed by atoms with E-state index in [1.807, 2.05) is 0 Å². The maximum atomic E-state index is 12.7. The van der Waals surface area contributed by atoms with E-state index in [1.165, 1.54) is 6.92 Å². The highest BCUT2D eigenvalue weighted by Crippen LogP contribution is 2.27. The maximum Gasteiger partial charge on any atom is 0.345 e. The van der Waals surface area contributed by atoms with E-state index >= 15 is 0 Å². The molecule has 1 aliphatic heterocycles. The minimum absolute atomic E-state index is 0.0324. The number of rotatable bonds is 8. The molecular formula is C17H25Br2NO8. The normalized spacial score (nSPS) is 18.1. The van der Waals surface area contributed by atoms with Gasteiger partial charge in [0.2, 0.25) is 0 Å². The van der Waals surface area contributed by atoms with Crippen molar-refractivity contribution in [1.82, 2.24) is 5.06 Å². The predicted octanol–water partition coefficient (Wildman–Crippen LogP) is 1.83. The molecule has 160 valence electrons. The highest BCUT2D eigenvalue weighted by molar-refractivity contribution is 9.10. The number of esters is 2. The zero-order valence-corrected chi connectivity index (χ0v) is 19.6. The van der Waals surface area contributed by atoms with Crippen LogP contribution in [0.4, 0.5) is 0 Å². The summed E-state index contributed by atoms with van der Waals surface area (Å²) in [6, 6.07) is 0. The van der Waals surface area contributed by atoms with E-state index in [0.29, 0.717) is 5.06 Å². The molecule has 9 nitrogen and oxygen atoms in total. The van der Waals surface area contributed by atoms with Crippen molar-refractivity contribution in [3.63, 3.8) is 0 Å². The number of aliphatic hydroxyl groups excluding tert-OH is 1. The Morgan fingerprint density at radius 1 is 1.00 bits per heavy atom. The van der Waals surface area contributed by atoms with E-state index < -0.39 is 57.3 Å². The van der Waals surface area contributed by atoms with Crippen LogP contribution in [0, 0.1) is 5.41 Å². The number of hydrogen-bond donors (Lipinski definition) is 1. The van der Waals surface area contributed by atoms with Crippen molar-refractivity contribution < 1.29 is 38.6 Å². The van der Waals surface area contributed by atoms with Crippen LogP contribution in [0.1, 0.15) is 47.5 Å². The van der Waals surface area contributed by atoms with E-state index in [-0.39, 0.29) is 12.8 Å². The first-order chi connectivity index (χ1) is 12.6. The second-order valence-electron chi connectivity index (χ2n) is 7.78. The zero-order valence-electron chi connectivity index (χ0n) is 16.4. The van der Waals surface area contributed by atoms with E-state index in [4.69, 9.17) is 14.3 Å². The average Bonchev–Trinajstić information content (AvgIpc) is 2.87. The zero-order chi connectivity index (χ0) is 21.9. The Balaban J connectivity index is 2.94. The SMILES string of the molecule is CC(C)(Br)C(=O)OCC(C)(COC(=O)C(C)(C)Br)C(=O)ON1C(=O)CCC1O. The van der Waals surface area contributed by atoms with Gasteiger partial charge in [-0.05, 0) is 34.6 Å². The van der Waals surface area contributed by atoms with Gasteiger partial charge in [-0.3, -0.25) is 14.4 Å². The van der Waals surface area contributed by atoms with Crippen LogP contribution in [0.25, 0.3) is 0 Å². The van der Waals surface area contributed by atoms with Crippen LogP contribution in [0.15, 0.2) is 0 Å². The van der Waals surface area contributed by atoms with Crippen LogP contribution in [-0.4, -0.2) is 62.1 Å². The highest BCUT2D eigenvalue weighted by atomic mass is 79.9. The molecule has 1 fully saturated rings. The van der Waals surface area contributed by atoms with Crippen LogP contribution >= 0.6 is 31.9 Å². The lowest BCUT2D eigenvalue weighted by Gasteiger charge is -2.30. The summed E-state index contributed by atoms with van der Waals surface area (Å²) in [5.41, 5.74) is -1.61. The van der Waals surface area contributed by atoms with Crippen molar-refractivity contribution in [2.45, 2.75) is 62.3 Å². The summed E-state index contributed by atoms with van der Waals surface area (Å²) in [5, 5.41) is 10.3. The minimum Gasteiger partial charge on any atom is -0.463 e. The fourth-order valence-electron chi connectivity index (χ4n) is 1.91. The number of carbonyl (C=O) groups excluding carboxylic acids is 4. The molecular weight excluding hydrogens is 506 g/mol. The Hall–Kier alpha value is -1.20. The second kappa shape index (κ2) is 9.08. The fourth-order valence-corrected chi connectivity index (χ4v) is 2.14. The van der Waals surface area contributed by atoms with Gasteiger partial charge in [0.05, 0.1) is 0 Å². The molecule has 1 heterocycles. The Morgan fingerprint density at radius 2 is 1.43 bits per heavy atom. The second-order valence-corrected chi connectivity index (χ2v) is 11.7. The molecule has 1 unspecified atom stereocenters. The first kappa shape index (κ1) is 24.8. The standard InChI is InChI=1S/C17H25Br2NO8/c1-15(2,18)12(23)26-8-17(5,9-27-13(24)16(3,4)19)14(25)28-20-10(21)6-7-11(20)22/h10,21H,6-9H2,1-5H3. The summed E-state index contributed by atoms with van der Waals surface area (Å²) < 4.78 is 8.36. The lowest BCUT2D eigenvalue weighted by Crippen LogP contribution is -2.47. The molecule has 28 heavy (non-hydrogen) atoms. The van der Waals surface area contributed by atoms with Crippen molar-refractivity contribution >= 4 is 55.7 Å². The minimum atomic E-state index is -1.61. The third-order valence-corrected chi connectivity index (χ3v) is 4.47. The number of nitrogens with zero attached hydrogens (tertiary/aromatic N) is 1. The number of hydroxylamine groups is 2. The van der Waals surface area contributed by atoms with Crippen molar-refractivity contribution in [3.05, 3.63) is 0 Å². The molecule has 0 spiro atoms. The third-order valence-electron chi connectivity index (χ3n) is 3.82.